The number of hydrogen-bond acceptors (Lipinski definition) is 2. The first-order valence-electron chi connectivity index (χ1n) is 6.05. The van der Waals surface area contributed by atoms with Gasteiger partial charge in [0.1, 0.15) is 0 Å². The van der Waals surface area contributed by atoms with Gasteiger partial charge < -0.3 is 10.0 Å². The molecule has 0 aromatic heterocycles. The summed E-state index contributed by atoms with van der Waals surface area (Å²) in [5.74, 6) is 2.71. The van der Waals surface area contributed by atoms with E-state index in [1.54, 1.807) is 4.90 Å². The van der Waals surface area contributed by atoms with Crippen LogP contribution in [0.5, 0.6) is 0 Å². The lowest BCUT2D eigenvalue weighted by Crippen LogP contribution is -2.63. The second-order valence-corrected chi connectivity index (χ2v) is 4.64. The molecule has 0 bridgehead atoms. The SMILES string of the molecule is C#CCCCCC(=O)N1CC(O)(CCC)C1. The van der Waals surface area contributed by atoms with E-state index in [1.807, 2.05) is 6.92 Å². The molecule has 0 aliphatic carbocycles. The summed E-state index contributed by atoms with van der Waals surface area (Å²) >= 11 is 0. The molecule has 0 unspecified atom stereocenters. The summed E-state index contributed by atoms with van der Waals surface area (Å²) < 4.78 is 0. The first-order valence-corrected chi connectivity index (χ1v) is 6.05. The van der Waals surface area contributed by atoms with Gasteiger partial charge in [0, 0.05) is 12.8 Å². The predicted octanol–water partition coefficient (Wildman–Crippen LogP) is 1.55. The molecule has 1 rings (SSSR count). The molecule has 1 aliphatic heterocycles. The van der Waals surface area contributed by atoms with Crippen molar-refractivity contribution in [3.05, 3.63) is 0 Å². The van der Waals surface area contributed by atoms with Gasteiger partial charge in [0.2, 0.25) is 5.91 Å². The number of β-amino-alcohol motifs (C(OH)–C–C–N with tert-alkyl or cyclic N) is 1. The first-order chi connectivity index (χ1) is 7.61. The van der Waals surface area contributed by atoms with E-state index >= 15 is 0 Å². The van der Waals surface area contributed by atoms with Gasteiger partial charge in [-0.15, -0.1) is 12.3 Å². The number of hydrogen-bond donors (Lipinski definition) is 1. The molecule has 0 aromatic rings. The van der Waals surface area contributed by atoms with E-state index in [0.29, 0.717) is 19.5 Å². The Morgan fingerprint density at radius 2 is 2.19 bits per heavy atom. The molecule has 1 aliphatic rings. The maximum absolute atomic E-state index is 11.6. The number of rotatable bonds is 6. The van der Waals surface area contributed by atoms with E-state index in [4.69, 9.17) is 6.42 Å². The Hall–Kier alpha value is -1.01. The monoisotopic (exact) mass is 223 g/mol. The Labute approximate surface area is 97.8 Å². The van der Waals surface area contributed by atoms with E-state index in [1.165, 1.54) is 0 Å². The lowest BCUT2D eigenvalue weighted by molar-refractivity contribution is -0.156. The Morgan fingerprint density at radius 3 is 2.75 bits per heavy atom. The minimum absolute atomic E-state index is 0.151. The number of amides is 1. The molecule has 1 amide bonds. The van der Waals surface area contributed by atoms with Crippen LogP contribution in [0.1, 0.15) is 45.4 Å². The normalized spacial score (nSPS) is 17.7. The predicted molar refractivity (Wildman–Crippen MR) is 63.7 cm³/mol. The van der Waals surface area contributed by atoms with E-state index in [0.717, 1.165) is 32.1 Å². The van der Waals surface area contributed by atoms with Crippen molar-refractivity contribution in [3.8, 4) is 12.3 Å². The summed E-state index contributed by atoms with van der Waals surface area (Å²) in [5.41, 5.74) is -0.608. The lowest BCUT2D eigenvalue weighted by Gasteiger charge is -2.46. The van der Waals surface area contributed by atoms with Crippen LogP contribution < -0.4 is 0 Å². The van der Waals surface area contributed by atoms with Gasteiger partial charge in [-0.25, -0.2) is 0 Å². The Morgan fingerprint density at radius 1 is 1.50 bits per heavy atom. The van der Waals surface area contributed by atoms with Gasteiger partial charge in [-0.2, -0.15) is 0 Å². The Kier molecular flexibility index (Phi) is 4.82. The van der Waals surface area contributed by atoms with Gasteiger partial charge >= 0.3 is 0 Å². The van der Waals surface area contributed by atoms with Gasteiger partial charge in [-0.05, 0) is 19.3 Å². The fourth-order valence-electron chi connectivity index (χ4n) is 2.13. The Balaban J connectivity index is 2.15. The third kappa shape index (κ3) is 3.53. The number of aliphatic hydroxyl groups is 1. The fourth-order valence-corrected chi connectivity index (χ4v) is 2.13. The number of carbonyl (C=O) groups excluding carboxylic acids is 1. The van der Waals surface area contributed by atoms with Crippen LogP contribution in [0.25, 0.3) is 0 Å². The van der Waals surface area contributed by atoms with Gasteiger partial charge in [0.05, 0.1) is 18.7 Å². The number of terminal acetylenes is 1. The van der Waals surface area contributed by atoms with Crippen molar-refractivity contribution in [2.45, 2.75) is 51.0 Å². The van der Waals surface area contributed by atoms with Crippen molar-refractivity contribution >= 4 is 5.91 Å². The zero-order chi connectivity index (χ0) is 12.0. The van der Waals surface area contributed by atoms with E-state index in [9.17, 15) is 9.90 Å². The van der Waals surface area contributed by atoms with Crippen LogP contribution in [0, 0.1) is 12.3 Å². The van der Waals surface area contributed by atoms with Crippen molar-refractivity contribution in [1.29, 1.82) is 0 Å². The fraction of sp³-hybridized carbons (Fsp3) is 0.769. The molecule has 0 radical (unpaired) electrons. The molecule has 0 aromatic carbocycles. The van der Waals surface area contributed by atoms with Crippen molar-refractivity contribution in [3.63, 3.8) is 0 Å². The molecule has 1 fully saturated rings. The molecule has 1 N–H and O–H groups in total. The smallest absolute Gasteiger partial charge is 0.222 e. The maximum atomic E-state index is 11.6. The van der Waals surface area contributed by atoms with Crippen LogP contribution in [0.15, 0.2) is 0 Å². The minimum atomic E-state index is -0.608. The Bertz CT molecular complexity index is 274. The number of likely N-dealkylation sites (tertiary alicyclic amines) is 1. The highest BCUT2D eigenvalue weighted by atomic mass is 16.3. The first kappa shape index (κ1) is 13.1. The highest BCUT2D eigenvalue weighted by molar-refractivity contribution is 5.77. The van der Waals surface area contributed by atoms with Gasteiger partial charge in [-0.3, -0.25) is 4.79 Å². The molecule has 0 saturated carbocycles. The van der Waals surface area contributed by atoms with Gasteiger partial charge in [0.25, 0.3) is 0 Å². The second-order valence-electron chi connectivity index (χ2n) is 4.64. The molecular formula is C13H21NO2. The second kappa shape index (κ2) is 5.91. The van der Waals surface area contributed by atoms with Crippen molar-refractivity contribution in [1.82, 2.24) is 4.90 Å². The minimum Gasteiger partial charge on any atom is -0.386 e. The van der Waals surface area contributed by atoms with Crippen molar-refractivity contribution in [2.75, 3.05) is 13.1 Å². The maximum Gasteiger partial charge on any atom is 0.222 e. The summed E-state index contributed by atoms with van der Waals surface area (Å²) in [6.45, 7) is 3.06. The summed E-state index contributed by atoms with van der Waals surface area (Å²) in [6.07, 6.45) is 9.95. The van der Waals surface area contributed by atoms with E-state index in [-0.39, 0.29) is 5.91 Å². The van der Waals surface area contributed by atoms with E-state index < -0.39 is 5.60 Å². The molecule has 3 nitrogen and oxygen atoms in total. The summed E-state index contributed by atoms with van der Waals surface area (Å²) in [5, 5.41) is 9.92. The average molecular weight is 223 g/mol. The largest absolute Gasteiger partial charge is 0.386 e. The molecule has 0 spiro atoms. The molecule has 90 valence electrons. The standard InChI is InChI=1S/C13H21NO2/c1-3-5-6-7-8-12(15)14-10-13(16,11-14)9-4-2/h1,16H,4-11H2,2H3. The summed E-state index contributed by atoms with van der Waals surface area (Å²) in [4.78, 5) is 13.4. The zero-order valence-corrected chi connectivity index (χ0v) is 10.0. The highest BCUT2D eigenvalue weighted by Crippen LogP contribution is 2.26. The van der Waals surface area contributed by atoms with Crippen molar-refractivity contribution in [2.24, 2.45) is 0 Å². The third-order valence-electron chi connectivity index (χ3n) is 3.00. The van der Waals surface area contributed by atoms with Crippen LogP contribution in [0.4, 0.5) is 0 Å². The van der Waals surface area contributed by atoms with Crippen LogP contribution in [-0.2, 0) is 4.79 Å². The van der Waals surface area contributed by atoms with Crippen molar-refractivity contribution < 1.29 is 9.90 Å². The zero-order valence-electron chi connectivity index (χ0n) is 10.0. The quantitative estimate of drug-likeness (QED) is 0.548. The molecule has 0 atom stereocenters. The number of carbonyl (C=O) groups is 1. The summed E-state index contributed by atoms with van der Waals surface area (Å²) in [7, 11) is 0. The van der Waals surface area contributed by atoms with Crippen LogP contribution >= 0.6 is 0 Å². The number of nitrogens with zero attached hydrogens (tertiary/aromatic N) is 1. The topological polar surface area (TPSA) is 40.5 Å². The molecule has 3 heteroatoms. The van der Waals surface area contributed by atoms with E-state index in [2.05, 4.69) is 5.92 Å². The molecule has 1 heterocycles. The van der Waals surface area contributed by atoms with Crippen LogP contribution in [0.3, 0.4) is 0 Å². The molecule has 16 heavy (non-hydrogen) atoms. The average Bonchev–Trinajstić information content (AvgIpc) is 2.21. The van der Waals surface area contributed by atoms with Crippen LogP contribution in [-0.4, -0.2) is 34.6 Å². The molecule has 1 saturated heterocycles. The summed E-state index contributed by atoms with van der Waals surface area (Å²) in [6, 6.07) is 0. The molecular weight excluding hydrogens is 202 g/mol. The van der Waals surface area contributed by atoms with Crippen LogP contribution in [0.2, 0.25) is 0 Å². The number of unbranched alkanes of at least 4 members (excludes halogenated alkanes) is 2. The lowest BCUT2D eigenvalue weighted by atomic mass is 9.89. The van der Waals surface area contributed by atoms with Gasteiger partial charge in [0.15, 0.2) is 0 Å². The third-order valence-corrected chi connectivity index (χ3v) is 3.00. The van der Waals surface area contributed by atoms with Gasteiger partial charge in [-0.1, -0.05) is 13.3 Å². The highest BCUT2D eigenvalue weighted by Gasteiger charge is 2.42.